The summed E-state index contributed by atoms with van der Waals surface area (Å²) in [5.74, 6) is -1.61. The van der Waals surface area contributed by atoms with Crippen LogP contribution in [0.3, 0.4) is 0 Å². The van der Waals surface area contributed by atoms with Crippen LogP contribution in [0.15, 0.2) is 70.2 Å². The molecule has 11 heteroatoms. The Balaban J connectivity index is 1.65. The lowest BCUT2D eigenvalue weighted by molar-refractivity contribution is -0.131. The Hall–Kier alpha value is -3.54. The van der Waals surface area contributed by atoms with E-state index in [4.69, 9.17) is 14.9 Å². The molecule has 4 N–H and O–H groups in total. The third-order valence-corrected chi connectivity index (χ3v) is 6.99. The van der Waals surface area contributed by atoms with Crippen LogP contribution in [0, 0.1) is 5.92 Å². The maximum Gasteiger partial charge on any atom is 0.408 e. The van der Waals surface area contributed by atoms with E-state index in [1.165, 1.54) is 13.0 Å². The minimum atomic E-state index is -4.21. The number of alkyl carbamates (subject to hydrolysis) is 1. The third-order valence-electron chi connectivity index (χ3n) is 5.59. The lowest BCUT2D eigenvalue weighted by Crippen LogP contribution is -2.55. The minimum absolute atomic E-state index is 0.000844. The molecule has 0 saturated heterocycles. The van der Waals surface area contributed by atoms with Crippen molar-refractivity contribution in [2.75, 3.05) is 0 Å². The topological polar surface area (TPSA) is 158 Å². The average Bonchev–Trinajstić information content (AvgIpc) is 3.31. The zero-order valence-corrected chi connectivity index (χ0v) is 21.7. The van der Waals surface area contributed by atoms with Gasteiger partial charge in [0.2, 0.25) is 5.09 Å². The van der Waals surface area contributed by atoms with Gasteiger partial charge in [0.25, 0.3) is 10.0 Å². The molecule has 0 aliphatic carbocycles. The molecular weight excluding hydrogens is 498 g/mol. The van der Waals surface area contributed by atoms with Crippen molar-refractivity contribution < 1.29 is 32.0 Å². The number of benzene rings is 2. The summed E-state index contributed by atoms with van der Waals surface area (Å²) < 4.78 is 38.3. The fourth-order valence-electron chi connectivity index (χ4n) is 3.69. The molecule has 198 valence electrons. The van der Waals surface area contributed by atoms with E-state index in [1.54, 1.807) is 48.5 Å². The van der Waals surface area contributed by atoms with Gasteiger partial charge in [-0.25, -0.2) is 13.2 Å². The van der Waals surface area contributed by atoms with Gasteiger partial charge in [0, 0.05) is 11.5 Å². The molecule has 0 spiro atoms. The number of sulfonamides is 1. The number of carbonyl (C=O) groups is 3. The summed E-state index contributed by atoms with van der Waals surface area (Å²) >= 11 is 0. The van der Waals surface area contributed by atoms with Crippen molar-refractivity contribution in [2.24, 2.45) is 11.7 Å². The molecule has 0 saturated carbocycles. The molecule has 37 heavy (non-hydrogen) atoms. The number of nitrogens with one attached hydrogen (secondary N) is 2. The number of nitrogens with two attached hydrogens (primary N) is 1. The van der Waals surface area contributed by atoms with Gasteiger partial charge in [0.05, 0.1) is 12.1 Å². The summed E-state index contributed by atoms with van der Waals surface area (Å²) in [5, 5.41) is 2.70. The van der Waals surface area contributed by atoms with Crippen molar-refractivity contribution >= 4 is 38.7 Å². The van der Waals surface area contributed by atoms with Crippen LogP contribution in [0.1, 0.15) is 32.8 Å². The smallest absolute Gasteiger partial charge is 0.408 e. The number of ether oxygens (including phenoxy) is 1. The van der Waals surface area contributed by atoms with Crippen LogP contribution in [0.4, 0.5) is 4.79 Å². The Bertz CT molecular complexity index is 1320. The highest BCUT2D eigenvalue weighted by Crippen LogP contribution is 2.22. The number of fused-ring (bicyclic) bond motifs is 1. The molecule has 2 aromatic carbocycles. The van der Waals surface area contributed by atoms with Gasteiger partial charge >= 0.3 is 6.09 Å². The number of hydrogen-bond donors (Lipinski definition) is 3. The number of para-hydroxylation sites is 1. The van der Waals surface area contributed by atoms with Crippen molar-refractivity contribution in [1.29, 1.82) is 0 Å². The van der Waals surface area contributed by atoms with Crippen LogP contribution in [0.25, 0.3) is 11.0 Å². The molecule has 1 amide bonds. The van der Waals surface area contributed by atoms with Crippen LogP contribution in [0.2, 0.25) is 0 Å². The highest BCUT2D eigenvalue weighted by atomic mass is 32.2. The first-order valence-corrected chi connectivity index (χ1v) is 13.3. The number of ketones is 2. The lowest BCUT2D eigenvalue weighted by Gasteiger charge is -2.23. The highest BCUT2D eigenvalue weighted by molar-refractivity contribution is 7.89. The number of carbonyl (C=O) groups excluding carboxylic acids is 3. The number of furan rings is 1. The van der Waals surface area contributed by atoms with Gasteiger partial charge < -0.3 is 20.2 Å². The number of hydrogen-bond acceptors (Lipinski definition) is 8. The molecule has 1 aromatic heterocycles. The van der Waals surface area contributed by atoms with Gasteiger partial charge in [-0.15, -0.1) is 0 Å². The first kappa shape index (κ1) is 28.0. The predicted octanol–water partition coefficient (Wildman–Crippen LogP) is 2.91. The quantitative estimate of drug-likeness (QED) is 0.302. The van der Waals surface area contributed by atoms with E-state index in [0.29, 0.717) is 11.0 Å². The zero-order chi connectivity index (χ0) is 27.2. The van der Waals surface area contributed by atoms with Gasteiger partial charge in [-0.05, 0) is 30.9 Å². The second-order valence-corrected chi connectivity index (χ2v) is 10.8. The molecule has 3 atom stereocenters. The maximum atomic E-state index is 13.1. The Morgan fingerprint density at radius 2 is 1.62 bits per heavy atom. The van der Waals surface area contributed by atoms with Crippen LogP contribution < -0.4 is 15.8 Å². The average molecular weight is 530 g/mol. The Kier molecular flexibility index (Phi) is 9.19. The predicted molar refractivity (Wildman–Crippen MR) is 137 cm³/mol. The van der Waals surface area contributed by atoms with Crippen LogP contribution in [-0.2, 0) is 31.0 Å². The molecule has 0 radical (unpaired) electrons. The second kappa shape index (κ2) is 12.1. The van der Waals surface area contributed by atoms with E-state index in [9.17, 15) is 22.8 Å². The van der Waals surface area contributed by atoms with E-state index < -0.39 is 45.8 Å². The van der Waals surface area contributed by atoms with Gasteiger partial charge in [0.15, 0.2) is 11.6 Å². The summed E-state index contributed by atoms with van der Waals surface area (Å²) in [5.41, 5.74) is 7.08. The highest BCUT2D eigenvalue weighted by Gasteiger charge is 2.35. The first-order valence-electron chi connectivity index (χ1n) is 11.8. The fraction of sp³-hybridized carbons (Fsp3) is 0.346. The Labute approximate surface area is 215 Å². The largest absolute Gasteiger partial charge is 0.445 e. The molecule has 0 bridgehead atoms. The SMILES string of the molecule is CC(C)C[C@H](NC(=O)OCc1ccccc1)C(=O)[C@H](N)C(=O)C(C)NS(=O)(=O)c1cc2ccccc2o1. The van der Waals surface area contributed by atoms with Crippen molar-refractivity contribution in [3.05, 3.63) is 66.2 Å². The van der Waals surface area contributed by atoms with Crippen molar-refractivity contribution in [3.8, 4) is 0 Å². The Morgan fingerprint density at radius 3 is 2.27 bits per heavy atom. The van der Waals surface area contributed by atoms with E-state index >= 15 is 0 Å². The standard InChI is InChI=1S/C26H31N3O7S/c1-16(2)13-20(28-26(32)35-15-18-9-5-4-6-10-18)25(31)23(27)24(30)17(3)29-37(33,34)22-14-19-11-7-8-12-21(19)36-22/h4-12,14,16-17,20,23,29H,13,15,27H2,1-3H3,(H,28,32)/t17?,20-,23+/m0/s1. The summed E-state index contributed by atoms with van der Waals surface area (Å²) in [6.07, 6.45) is -0.625. The van der Waals surface area contributed by atoms with Gasteiger partial charge in [-0.2, -0.15) is 4.72 Å². The summed E-state index contributed by atoms with van der Waals surface area (Å²) in [7, 11) is -4.21. The van der Waals surface area contributed by atoms with E-state index in [0.717, 1.165) is 5.56 Å². The number of amides is 1. The van der Waals surface area contributed by atoms with Crippen molar-refractivity contribution in [2.45, 2.75) is 57.0 Å². The van der Waals surface area contributed by atoms with E-state index in [1.807, 2.05) is 19.9 Å². The van der Waals surface area contributed by atoms with Crippen molar-refractivity contribution in [1.82, 2.24) is 10.0 Å². The molecule has 0 fully saturated rings. The number of rotatable bonds is 12. The van der Waals surface area contributed by atoms with Crippen LogP contribution in [-0.4, -0.2) is 44.2 Å². The molecule has 1 unspecified atom stereocenters. The summed E-state index contributed by atoms with van der Waals surface area (Å²) in [4.78, 5) is 38.3. The van der Waals surface area contributed by atoms with Gasteiger partial charge in [0.1, 0.15) is 18.2 Å². The molecule has 10 nitrogen and oxygen atoms in total. The third kappa shape index (κ3) is 7.48. The first-order chi connectivity index (χ1) is 17.5. The zero-order valence-electron chi connectivity index (χ0n) is 20.8. The second-order valence-electron chi connectivity index (χ2n) is 9.12. The lowest BCUT2D eigenvalue weighted by atomic mass is 9.93. The van der Waals surface area contributed by atoms with Gasteiger partial charge in [-0.1, -0.05) is 62.4 Å². The van der Waals surface area contributed by atoms with E-state index in [-0.39, 0.29) is 24.0 Å². The molecule has 0 aliphatic heterocycles. The summed E-state index contributed by atoms with van der Waals surface area (Å²) in [6, 6.07) is 13.0. The normalized spacial score (nSPS) is 14.2. The van der Waals surface area contributed by atoms with E-state index in [2.05, 4.69) is 10.0 Å². The van der Waals surface area contributed by atoms with Crippen LogP contribution >= 0.6 is 0 Å². The monoisotopic (exact) mass is 529 g/mol. The number of Topliss-reactive ketones (excluding diaryl/α,β-unsaturated/α-hetero) is 2. The molecule has 1 heterocycles. The van der Waals surface area contributed by atoms with Crippen LogP contribution in [0.5, 0.6) is 0 Å². The minimum Gasteiger partial charge on any atom is -0.445 e. The molecule has 3 aromatic rings. The summed E-state index contributed by atoms with van der Waals surface area (Å²) in [6.45, 7) is 4.97. The molecule has 0 aliphatic rings. The van der Waals surface area contributed by atoms with Gasteiger partial charge in [-0.3, -0.25) is 9.59 Å². The molecular formula is C26H31N3O7S. The maximum absolute atomic E-state index is 13.1. The fourth-order valence-corrected chi connectivity index (χ4v) is 4.87. The van der Waals surface area contributed by atoms with Crippen molar-refractivity contribution in [3.63, 3.8) is 0 Å². The molecule has 3 rings (SSSR count). The Morgan fingerprint density at radius 1 is 0.973 bits per heavy atom.